The second-order valence-corrected chi connectivity index (χ2v) is 7.09. The van der Waals surface area contributed by atoms with Crippen LogP contribution in [0.3, 0.4) is 0 Å². The Morgan fingerprint density at radius 3 is 2.33 bits per heavy atom. The van der Waals surface area contributed by atoms with Gasteiger partial charge in [0.15, 0.2) is 0 Å². The molecule has 2 nitrogen and oxygen atoms in total. The average Bonchev–Trinajstić information content (AvgIpc) is 2.40. The van der Waals surface area contributed by atoms with E-state index >= 15 is 0 Å². The van der Waals surface area contributed by atoms with E-state index in [2.05, 4.69) is 0 Å². The Morgan fingerprint density at radius 1 is 1.06 bits per heavy atom. The summed E-state index contributed by atoms with van der Waals surface area (Å²) >= 11 is 0. The standard InChI is InChI=1S/C15H18O2S/c16-13-11-15(9-5-2-6-10-15)14(13)18(17)12-7-3-1-4-8-12/h1,3-4,7-8,14H,2,5-6,9-11H2. The van der Waals surface area contributed by atoms with Gasteiger partial charge in [-0.05, 0) is 30.4 Å². The van der Waals surface area contributed by atoms with Crippen molar-refractivity contribution in [1.82, 2.24) is 0 Å². The van der Waals surface area contributed by atoms with E-state index in [1.54, 1.807) is 0 Å². The summed E-state index contributed by atoms with van der Waals surface area (Å²) in [5.41, 5.74) is 0.0655. The van der Waals surface area contributed by atoms with Gasteiger partial charge in [0.1, 0.15) is 11.0 Å². The van der Waals surface area contributed by atoms with Crippen molar-refractivity contribution in [2.24, 2.45) is 5.41 Å². The Hall–Kier alpha value is -0.960. The topological polar surface area (TPSA) is 34.1 Å². The van der Waals surface area contributed by atoms with Crippen molar-refractivity contribution >= 4 is 16.6 Å². The first-order chi connectivity index (χ1) is 8.73. The van der Waals surface area contributed by atoms with E-state index in [9.17, 15) is 9.00 Å². The van der Waals surface area contributed by atoms with Crippen molar-refractivity contribution in [3.63, 3.8) is 0 Å². The molecule has 0 heterocycles. The summed E-state index contributed by atoms with van der Waals surface area (Å²) in [7, 11) is -1.16. The molecule has 2 aliphatic carbocycles. The second kappa shape index (κ2) is 4.61. The van der Waals surface area contributed by atoms with Crippen LogP contribution < -0.4 is 0 Å². The lowest BCUT2D eigenvalue weighted by atomic mass is 9.60. The fourth-order valence-corrected chi connectivity index (χ4v) is 5.27. The van der Waals surface area contributed by atoms with E-state index < -0.39 is 10.8 Å². The molecule has 0 bridgehead atoms. The number of benzene rings is 1. The third-order valence-electron chi connectivity index (χ3n) is 4.41. The van der Waals surface area contributed by atoms with Gasteiger partial charge >= 0.3 is 0 Å². The molecule has 0 N–H and O–H groups in total. The molecular weight excluding hydrogens is 244 g/mol. The summed E-state index contributed by atoms with van der Waals surface area (Å²) < 4.78 is 12.6. The quantitative estimate of drug-likeness (QED) is 0.820. The molecule has 2 fully saturated rings. The van der Waals surface area contributed by atoms with Gasteiger partial charge in [-0.1, -0.05) is 37.5 Å². The molecule has 1 aromatic rings. The van der Waals surface area contributed by atoms with Crippen LogP contribution >= 0.6 is 0 Å². The minimum Gasteiger partial charge on any atom is -0.298 e. The smallest absolute Gasteiger partial charge is 0.149 e. The van der Waals surface area contributed by atoms with Gasteiger partial charge in [-0.25, -0.2) is 0 Å². The van der Waals surface area contributed by atoms with E-state index in [1.165, 1.54) is 19.3 Å². The van der Waals surface area contributed by atoms with Gasteiger partial charge in [0.2, 0.25) is 0 Å². The van der Waals surface area contributed by atoms with E-state index in [-0.39, 0.29) is 16.4 Å². The van der Waals surface area contributed by atoms with Crippen LogP contribution in [0.2, 0.25) is 0 Å². The van der Waals surface area contributed by atoms with Crippen molar-refractivity contribution in [1.29, 1.82) is 0 Å². The van der Waals surface area contributed by atoms with Crippen LogP contribution in [0.4, 0.5) is 0 Å². The summed E-state index contributed by atoms with van der Waals surface area (Å²) in [5.74, 6) is 0.207. The molecule has 0 saturated heterocycles. The number of carbonyl (C=O) groups is 1. The van der Waals surface area contributed by atoms with Gasteiger partial charge < -0.3 is 0 Å². The highest BCUT2D eigenvalue weighted by Gasteiger charge is 2.56. The molecule has 0 amide bonds. The molecule has 1 aromatic carbocycles. The Bertz CT molecular complexity index is 475. The van der Waals surface area contributed by atoms with E-state index in [0.29, 0.717) is 6.42 Å². The molecule has 2 unspecified atom stereocenters. The van der Waals surface area contributed by atoms with Crippen LogP contribution in [0.5, 0.6) is 0 Å². The Morgan fingerprint density at radius 2 is 1.72 bits per heavy atom. The molecule has 18 heavy (non-hydrogen) atoms. The van der Waals surface area contributed by atoms with Crippen molar-refractivity contribution in [2.75, 3.05) is 0 Å². The molecule has 2 saturated carbocycles. The summed E-state index contributed by atoms with van der Waals surface area (Å²) in [4.78, 5) is 12.7. The molecule has 96 valence electrons. The third-order valence-corrected chi connectivity index (χ3v) is 6.34. The molecule has 3 heteroatoms. The minimum absolute atomic E-state index is 0.0655. The molecule has 3 rings (SSSR count). The Balaban J connectivity index is 1.86. The highest BCUT2D eigenvalue weighted by atomic mass is 32.2. The zero-order valence-corrected chi connectivity index (χ0v) is 11.2. The molecule has 1 spiro atoms. The summed E-state index contributed by atoms with van der Waals surface area (Å²) in [6.45, 7) is 0. The SMILES string of the molecule is O=C1CC2(CCCCC2)C1S(=O)c1ccccc1. The number of hydrogen-bond donors (Lipinski definition) is 0. The van der Waals surface area contributed by atoms with Crippen molar-refractivity contribution in [3.05, 3.63) is 30.3 Å². The van der Waals surface area contributed by atoms with Gasteiger partial charge in [-0.3, -0.25) is 9.00 Å². The van der Waals surface area contributed by atoms with Crippen LogP contribution in [0.25, 0.3) is 0 Å². The predicted octanol–water partition coefficient (Wildman–Crippen LogP) is 3.09. The van der Waals surface area contributed by atoms with Gasteiger partial charge in [0.25, 0.3) is 0 Å². The van der Waals surface area contributed by atoms with Gasteiger partial charge in [0.05, 0.1) is 10.8 Å². The van der Waals surface area contributed by atoms with Gasteiger partial charge in [0, 0.05) is 11.3 Å². The maximum Gasteiger partial charge on any atom is 0.149 e. The van der Waals surface area contributed by atoms with Crippen molar-refractivity contribution in [3.8, 4) is 0 Å². The highest BCUT2D eigenvalue weighted by Crippen LogP contribution is 2.52. The highest BCUT2D eigenvalue weighted by molar-refractivity contribution is 7.86. The summed E-state index contributed by atoms with van der Waals surface area (Å²) in [6, 6.07) is 9.45. The summed E-state index contributed by atoms with van der Waals surface area (Å²) in [6.07, 6.45) is 6.48. The fourth-order valence-electron chi connectivity index (χ4n) is 3.47. The number of Topliss-reactive ketones (excluding diaryl/α,β-unsaturated/α-hetero) is 1. The third kappa shape index (κ3) is 1.85. The van der Waals surface area contributed by atoms with Crippen LogP contribution in [-0.4, -0.2) is 15.2 Å². The molecule has 2 atom stereocenters. The average molecular weight is 262 g/mol. The monoisotopic (exact) mass is 262 g/mol. The number of rotatable bonds is 2. The normalized spacial score (nSPS) is 27.8. The zero-order chi connectivity index (χ0) is 12.6. The van der Waals surface area contributed by atoms with E-state index in [1.807, 2.05) is 30.3 Å². The molecule has 2 aliphatic rings. The fraction of sp³-hybridized carbons (Fsp3) is 0.533. The number of ketones is 1. The van der Waals surface area contributed by atoms with Crippen LogP contribution in [0, 0.1) is 5.41 Å². The number of carbonyl (C=O) groups excluding carboxylic acids is 1. The van der Waals surface area contributed by atoms with Gasteiger partial charge in [-0.2, -0.15) is 0 Å². The van der Waals surface area contributed by atoms with Gasteiger partial charge in [-0.15, -0.1) is 0 Å². The molecule has 0 aromatic heterocycles. The zero-order valence-electron chi connectivity index (χ0n) is 10.4. The maximum absolute atomic E-state index is 12.6. The van der Waals surface area contributed by atoms with Crippen molar-refractivity contribution in [2.45, 2.75) is 48.7 Å². The lowest BCUT2D eigenvalue weighted by Crippen LogP contribution is -2.56. The first kappa shape index (κ1) is 12.1. The second-order valence-electron chi connectivity index (χ2n) is 5.56. The van der Waals surface area contributed by atoms with E-state index in [4.69, 9.17) is 0 Å². The van der Waals surface area contributed by atoms with E-state index in [0.717, 1.165) is 17.7 Å². The molecule has 0 radical (unpaired) electrons. The Kier molecular flexibility index (Phi) is 3.10. The number of hydrogen-bond acceptors (Lipinski definition) is 2. The Labute approximate surface area is 110 Å². The lowest BCUT2D eigenvalue weighted by Gasteiger charge is -2.49. The first-order valence-electron chi connectivity index (χ1n) is 6.71. The van der Waals surface area contributed by atoms with Crippen LogP contribution in [0.15, 0.2) is 35.2 Å². The summed E-state index contributed by atoms with van der Waals surface area (Å²) in [5, 5.41) is -0.236. The van der Waals surface area contributed by atoms with Crippen LogP contribution in [0.1, 0.15) is 38.5 Å². The minimum atomic E-state index is -1.16. The van der Waals surface area contributed by atoms with Crippen LogP contribution in [-0.2, 0) is 15.6 Å². The first-order valence-corrected chi connectivity index (χ1v) is 7.93. The molecule has 0 aliphatic heterocycles. The maximum atomic E-state index is 12.6. The van der Waals surface area contributed by atoms with Crippen molar-refractivity contribution < 1.29 is 9.00 Å². The largest absolute Gasteiger partial charge is 0.298 e. The molecular formula is C15H18O2S. The lowest BCUT2D eigenvalue weighted by molar-refractivity contribution is -0.133. The predicted molar refractivity (Wildman–Crippen MR) is 71.8 cm³/mol.